The van der Waals surface area contributed by atoms with Crippen LogP contribution in [0.2, 0.25) is 0 Å². The van der Waals surface area contributed by atoms with E-state index in [1.165, 1.54) is 32.5 Å². The lowest BCUT2D eigenvalue weighted by molar-refractivity contribution is 0.0429. The molecule has 0 radical (unpaired) electrons. The quantitative estimate of drug-likeness (QED) is 0.192. The molecule has 48 heavy (non-hydrogen) atoms. The molecular formula is C33H39N5O9S. The van der Waals surface area contributed by atoms with Gasteiger partial charge in [0, 0.05) is 11.6 Å². The van der Waals surface area contributed by atoms with Gasteiger partial charge in [0.2, 0.25) is 0 Å². The maximum atomic E-state index is 13.6. The minimum absolute atomic E-state index is 0.0342. The second kappa shape index (κ2) is 13.6. The van der Waals surface area contributed by atoms with Crippen LogP contribution in [0.4, 0.5) is 15.4 Å². The monoisotopic (exact) mass is 681 g/mol. The Morgan fingerprint density at radius 1 is 0.833 bits per heavy atom. The molecule has 0 bridgehead atoms. The van der Waals surface area contributed by atoms with Gasteiger partial charge in [-0.2, -0.15) is 4.90 Å². The Balaban J connectivity index is 1.93. The first-order chi connectivity index (χ1) is 22.3. The highest BCUT2D eigenvalue weighted by Gasteiger charge is 2.37. The SMILES string of the molecule is COc1ccc(-c2nnc(-c3nc(-c4ccc(S(=O)(=O)C(C)C)cc4)cnc3N(C(=O)OC(C)(C)C)C(=O)OC(C)(C)C)o2)c(OC)c1. The first kappa shape index (κ1) is 35.8. The van der Waals surface area contributed by atoms with E-state index in [4.69, 9.17) is 23.4 Å². The lowest BCUT2D eigenvalue weighted by atomic mass is 10.1. The number of amides is 2. The minimum atomic E-state index is -3.52. The Morgan fingerprint density at radius 3 is 1.94 bits per heavy atom. The van der Waals surface area contributed by atoms with Crippen molar-refractivity contribution in [2.45, 2.75) is 76.7 Å². The van der Waals surface area contributed by atoms with Crippen molar-refractivity contribution in [2.24, 2.45) is 0 Å². The van der Waals surface area contributed by atoms with Gasteiger partial charge in [-0.25, -0.2) is 28.0 Å². The number of hydrogen-bond donors (Lipinski definition) is 0. The zero-order valence-corrected chi connectivity index (χ0v) is 29.3. The number of methoxy groups -OCH3 is 2. The summed E-state index contributed by atoms with van der Waals surface area (Å²) < 4.78 is 53.3. The topological polar surface area (TPSA) is 173 Å². The molecule has 0 aliphatic carbocycles. The van der Waals surface area contributed by atoms with Crippen LogP contribution in [0.5, 0.6) is 11.5 Å². The molecule has 2 heterocycles. The number of aromatic nitrogens is 4. The molecule has 0 atom stereocenters. The van der Waals surface area contributed by atoms with Crippen molar-refractivity contribution < 1.29 is 41.4 Å². The lowest BCUT2D eigenvalue weighted by Crippen LogP contribution is -2.44. The third-order valence-electron chi connectivity index (χ3n) is 6.48. The number of sulfone groups is 1. The number of carbonyl (C=O) groups excluding carboxylic acids is 2. The van der Waals surface area contributed by atoms with Crippen molar-refractivity contribution in [1.82, 2.24) is 20.2 Å². The maximum absolute atomic E-state index is 13.6. The van der Waals surface area contributed by atoms with Gasteiger partial charge in [0.1, 0.15) is 22.7 Å². The summed E-state index contributed by atoms with van der Waals surface area (Å²) in [7, 11) is -0.535. The molecule has 2 aromatic carbocycles. The van der Waals surface area contributed by atoms with E-state index in [1.54, 1.807) is 85.7 Å². The average molecular weight is 682 g/mol. The molecule has 0 saturated heterocycles. The second-order valence-electron chi connectivity index (χ2n) is 12.8. The molecule has 0 aliphatic rings. The summed E-state index contributed by atoms with van der Waals surface area (Å²) in [6.07, 6.45) is -0.851. The van der Waals surface area contributed by atoms with Gasteiger partial charge in [-0.3, -0.25) is 0 Å². The summed E-state index contributed by atoms with van der Waals surface area (Å²) in [5, 5.41) is 7.73. The Hall–Kier alpha value is -5.05. The predicted octanol–water partition coefficient (Wildman–Crippen LogP) is 6.74. The third kappa shape index (κ3) is 8.08. The smallest absolute Gasteiger partial charge is 0.425 e. The van der Waals surface area contributed by atoms with Crippen LogP contribution < -0.4 is 14.4 Å². The Morgan fingerprint density at radius 2 is 1.42 bits per heavy atom. The van der Waals surface area contributed by atoms with Gasteiger partial charge in [0.15, 0.2) is 21.3 Å². The van der Waals surface area contributed by atoms with Crippen molar-refractivity contribution in [3.05, 3.63) is 48.7 Å². The van der Waals surface area contributed by atoms with Crippen LogP contribution in [0.25, 0.3) is 34.3 Å². The molecule has 14 nitrogen and oxygen atoms in total. The third-order valence-corrected chi connectivity index (χ3v) is 8.65. The number of nitrogens with zero attached hydrogens (tertiary/aromatic N) is 5. The summed E-state index contributed by atoms with van der Waals surface area (Å²) in [4.78, 5) is 37.0. The van der Waals surface area contributed by atoms with Crippen LogP contribution in [0.3, 0.4) is 0 Å². The van der Waals surface area contributed by atoms with Gasteiger partial charge >= 0.3 is 12.2 Å². The Kier molecular flexibility index (Phi) is 10.1. The summed E-state index contributed by atoms with van der Waals surface area (Å²) in [6.45, 7) is 13.1. The highest BCUT2D eigenvalue weighted by Crippen LogP contribution is 2.36. The molecule has 256 valence electrons. The molecule has 2 aromatic heterocycles. The van der Waals surface area contributed by atoms with Crippen LogP contribution in [-0.2, 0) is 19.3 Å². The van der Waals surface area contributed by atoms with Crippen LogP contribution >= 0.6 is 0 Å². The maximum Gasteiger partial charge on any atom is 0.425 e. The molecule has 0 aliphatic heterocycles. The van der Waals surface area contributed by atoms with Crippen molar-refractivity contribution in [3.8, 4) is 45.8 Å². The second-order valence-corrected chi connectivity index (χ2v) is 15.3. The number of imide groups is 1. The zero-order chi connectivity index (χ0) is 35.6. The lowest BCUT2D eigenvalue weighted by Gasteiger charge is -2.28. The van der Waals surface area contributed by atoms with E-state index in [-0.39, 0.29) is 33.9 Å². The van der Waals surface area contributed by atoms with Crippen LogP contribution in [0, 0.1) is 0 Å². The van der Waals surface area contributed by atoms with Gasteiger partial charge in [0.05, 0.1) is 41.8 Å². The van der Waals surface area contributed by atoms with Gasteiger partial charge < -0.3 is 23.4 Å². The molecule has 2 amide bonds. The largest absolute Gasteiger partial charge is 0.497 e. The average Bonchev–Trinajstić information content (AvgIpc) is 3.49. The number of hydrogen-bond acceptors (Lipinski definition) is 13. The highest BCUT2D eigenvalue weighted by atomic mass is 32.2. The number of rotatable bonds is 8. The summed E-state index contributed by atoms with van der Waals surface area (Å²) in [6, 6.07) is 11.1. The van der Waals surface area contributed by atoms with Crippen molar-refractivity contribution >= 4 is 27.8 Å². The van der Waals surface area contributed by atoms with E-state index >= 15 is 0 Å². The molecule has 0 spiro atoms. The molecule has 0 unspecified atom stereocenters. The number of ether oxygens (including phenoxy) is 4. The van der Waals surface area contributed by atoms with E-state index < -0.39 is 38.5 Å². The molecular weight excluding hydrogens is 642 g/mol. The van der Waals surface area contributed by atoms with Crippen molar-refractivity contribution in [2.75, 3.05) is 19.1 Å². The number of anilines is 1. The summed E-state index contributed by atoms with van der Waals surface area (Å²) in [5.74, 6) is 0.437. The van der Waals surface area contributed by atoms with Crippen molar-refractivity contribution in [1.29, 1.82) is 0 Å². The minimum Gasteiger partial charge on any atom is -0.497 e. The van der Waals surface area contributed by atoms with Crippen LogP contribution in [0.1, 0.15) is 55.4 Å². The van der Waals surface area contributed by atoms with E-state index in [0.717, 1.165) is 0 Å². The first-order valence-corrected chi connectivity index (χ1v) is 16.4. The molecule has 15 heteroatoms. The molecule has 0 fully saturated rings. The summed E-state index contributed by atoms with van der Waals surface area (Å²) >= 11 is 0. The molecule has 0 saturated carbocycles. The van der Waals surface area contributed by atoms with Crippen molar-refractivity contribution in [3.63, 3.8) is 0 Å². The summed E-state index contributed by atoms with van der Waals surface area (Å²) in [5.41, 5.74) is -0.986. The Labute approximate surface area is 279 Å². The van der Waals surface area contributed by atoms with E-state index in [1.807, 2.05) is 0 Å². The normalized spacial score (nSPS) is 12.1. The van der Waals surface area contributed by atoms with Gasteiger partial charge in [-0.15, -0.1) is 10.2 Å². The van der Waals surface area contributed by atoms with Gasteiger partial charge in [-0.1, -0.05) is 12.1 Å². The van der Waals surface area contributed by atoms with Gasteiger partial charge in [-0.05, 0) is 79.7 Å². The van der Waals surface area contributed by atoms with Crippen LogP contribution in [-0.4, -0.2) is 71.4 Å². The van der Waals surface area contributed by atoms with E-state index in [2.05, 4.69) is 20.2 Å². The van der Waals surface area contributed by atoms with E-state index in [0.29, 0.717) is 27.5 Å². The molecule has 0 N–H and O–H groups in total. The molecule has 4 aromatic rings. The zero-order valence-electron chi connectivity index (χ0n) is 28.5. The van der Waals surface area contributed by atoms with Crippen LogP contribution in [0.15, 0.2) is 58.0 Å². The highest BCUT2D eigenvalue weighted by molar-refractivity contribution is 7.92. The standard InChI is InChI=1S/C33H39N5O9S/c1-19(2)48(41,42)22-14-11-20(12-15-22)24-18-34-27(38(30(39)46-32(3,4)5)31(40)47-33(6,7)8)26(35-24)29-37-36-28(45-29)23-16-13-21(43-9)17-25(23)44-10/h11-19H,1-10H3. The number of carbonyl (C=O) groups is 2. The predicted molar refractivity (Wildman–Crippen MR) is 177 cm³/mol. The Bertz CT molecular complexity index is 1880. The fourth-order valence-electron chi connectivity index (χ4n) is 4.18. The fourth-order valence-corrected chi connectivity index (χ4v) is 5.24. The number of benzene rings is 2. The fraction of sp³-hybridized carbons (Fsp3) is 0.394. The van der Waals surface area contributed by atoms with Gasteiger partial charge in [0.25, 0.3) is 11.8 Å². The van der Waals surface area contributed by atoms with E-state index in [9.17, 15) is 18.0 Å². The molecule has 4 rings (SSSR count). The first-order valence-electron chi connectivity index (χ1n) is 14.9.